The van der Waals surface area contributed by atoms with Crippen LogP contribution in [-0.4, -0.2) is 71.4 Å². The number of anilines is 1. The van der Waals surface area contributed by atoms with E-state index in [0.717, 1.165) is 16.9 Å². The maximum absolute atomic E-state index is 13.3. The Hall–Kier alpha value is -4.93. The minimum atomic E-state index is -0.694. The molecule has 0 radical (unpaired) electrons. The predicted octanol–water partition coefficient (Wildman–Crippen LogP) is 2.56. The van der Waals surface area contributed by atoms with Crippen LogP contribution >= 0.6 is 0 Å². The number of imidazole rings is 1. The summed E-state index contributed by atoms with van der Waals surface area (Å²) in [5, 5.41) is 0. The molecule has 4 aromatic rings. The van der Waals surface area contributed by atoms with Crippen LogP contribution in [0.3, 0.4) is 0 Å². The lowest BCUT2D eigenvalue weighted by atomic mass is 10.1. The highest BCUT2D eigenvalue weighted by Crippen LogP contribution is 2.32. The Morgan fingerprint density at radius 2 is 1.76 bits per heavy atom. The number of primary amides is 1. The Kier molecular flexibility index (Phi) is 9.18. The molecule has 0 unspecified atom stereocenters. The molecule has 0 spiro atoms. The number of carbonyl (C=O) groups excluding carboxylic acids is 2. The van der Waals surface area contributed by atoms with Gasteiger partial charge in [0.15, 0.2) is 5.96 Å². The quantitative estimate of drug-likeness (QED) is 0.137. The number of rotatable bonds is 12. The first-order valence-corrected chi connectivity index (χ1v) is 13.5. The van der Waals surface area contributed by atoms with Crippen molar-refractivity contribution in [3.05, 3.63) is 78.1 Å². The fourth-order valence-electron chi connectivity index (χ4n) is 4.70. The van der Waals surface area contributed by atoms with Gasteiger partial charge in [-0.3, -0.25) is 19.6 Å². The lowest BCUT2D eigenvalue weighted by molar-refractivity contribution is -0.121. The highest BCUT2D eigenvalue weighted by Gasteiger charge is 2.25. The second kappa shape index (κ2) is 12.9. The number of fused-ring (bicyclic) bond motifs is 1. The Balaban J connectivity index is 1.70. The van der Waals surface area contributed by atoms with Crippen molar-refractivity contribution in [2.45, 2.75) is 25.3 Å². The van der Waals surface area contributed by atoms with Crippen LogP contribution in [-0.2, 0) is 11.2 Å². The number of nitrogens with zero attached hydrogens (tertiary/aromatic N) is 6. The van der Waals surface area contributed by atoms with E-state index in [1.165, 1.54) is 0 Å². The molecule has 0 bridgehead atoms. The van der Waals surface area contributed by atoms with Crippen molar-refractivity contribution in [3.63, 3.8) is 0 Å². The van der Waals surface area contributed by atoms with Crippen molar-refractivity contribution in [2.24, 2.45) is 22.2 Å². The summed E-state index contributed by atoms with van der Waals surface area (Å²) in [6.07, 6.45) is 3.35. The summed E-state index contributed by atoms with van der Waals surface area (Å²) in [6.45, 7) is 0.889. The largest absolute Gasteiger partial charge is 0.378 e. The molecule has 2 amide bonds. The van der Waals surface area contributed by atoms with E-state index in [0.29, 0.717) is 54.8 Å². The first-order chi connectivity index (χ1) is 19.7. The number of aliphatic imine (C=N–C) groups is 1. The second-order valence-corrected chi connectivity index (χ2v) is 10.1. The first kappa shape index (κ1) is 29.1. The normalized spacial score (nSPS) is 11.7. The van der Waals surface area contributed by atoms with Crippen LogP contribution in [0, 0.1) is 0 Å². The van der Waals surface area contributed by atoms with Crippen LogP contribution < -0.4 is 22.1 Å². The Labute approximate surface area is 239 Å². The van der Waals surface area contributed by atoms with Crippen LogP contribution in [0.25, 0.3) is 22.4 Å². The number of amides is 2. The van der Waals surface area contributed by atoms with Gasteiger partial charge < -0.3 is 31.6 Å². The van der Waals surface area contributed by atoms with E-state index in [2.05, 4.69) is 9.98 Å². The summed E-state index contributed by atoms with van der Waals surface area (Å²) >= 11 is 0. The summed E-state index contributed by atoms with van der Waals surface area (Å²) in [5.74, 6) is -0.0332. The molecule has 2 aromatic carbocycles. The number of hydrogen-bond acceptors (Lipinski definition) is 6. The standard InChI is InChI=1S/C30H37N9O2/c1-37(2)23-12-9-20(10-13-23)28-36-24-19-21(29(41)38(3)18-15-22-7-4-5-16-34-22)11-14-25(24)39(28)26(27(31)40)8-6-17-35-30(32)33/h4-5,7,9-14,16,19,26H,6,8,15,17-18H2,1-3H3,(H2,31,40)(H4,32,33,35)/t26-/m0/s1. The minimum Gasteiger partial charge on any atom is -0.378 e. The Morgan fingerprint density at radius 3 is 2.39 bits per heavy atom. The zero-order valence-corrected chi connectivity index (χ0v) is 23.7. The zero-order valence-electron chi connectivity index (χ0n) is 23.7. The van der Waals surface area contributed by atoms with Gasteiger partial charge in [0.2, 0.25) is 5.91 Å². The monoisotopic (exact) mass is 555 g/mol. The van der Waals surface area contributed by atoms with E-state index in [1.807, 2.05) is 72.1 Å². The molecular weight excluding hydrogens is 518 g/mol. The molecule has 11 nitrogen and oxygen atoms in total. The number of pyridine rings is 1. The van der Waals surface area contributed by atoms with E-state index in [9.17, 15) is 9.59 Å². The maximum atomic E-state index is 13.3. The average molecular weight is 556 g/mol. The number of aromatic nitrogens is 3. The summed E-state index contributed by atoms with van der Waals surface area (Å²) < 4.78 is 1.86. The van der Waals surface area contributed by atoms with Crippen LogP contribution in [0.2, 0.25) is 0 Å². The number of likely N-dealkylation sites (N-methyl/N-ethyl adjacent to an activating group) is 1. The molecule has 0 aliphatic rings. The van der Waals surface area contributed by atoms with E-state index < -0.39 is 11.9 Å². The topological polar surface area (TPSA) is 162 Å². The molecule has 2 aromatic heterocycles. The molecule has 0 aliphatic carbocycles. The smallest absolute Gasteiger partial charge is 0.253 e. The van der Waals surface area contributed by atoms with Gasteiger partial charge in [0.1, 0.15) is 11.9 Å². The molecule has 0 fully saturated rings. The van der Waals surface area contributed by atoms with Crippen molar-refractivity contribution < 1.29 is 9.59 Å². The number of hydrogen-bond donors (Lipinski definition) is 3. The maximum Gasteiger partial charge on any atom is 0.253 e. The fraction of sp³-hybridized carbons (Fsp3) is 0.300. The van der Waals surface area contributed by atoms with Crippen molar-refractivity contribution in [3.8, 4) is 11.4 Å². The van der Waals surface area contributed by atoms with Gasteiger partial charge in [0.25, 0.3) is 5.91 Å². The molecule has 41 heavy (non-hydrogen) atoms. The van der Waals surface area contributed by atoms with Crippen LogP contribution in [0.4, 0.5) is 5.69 Å². The molecule has 0 saturated carbocycles. The third-order valence-electron chi connectivity index (χ3n) is 6.92. The van der Waals surface area contributed by atoms with Gasteiger partial charge in [0, 0.05) is 69.4 Å². The van der Waals surface area contributed by atoms with Gasteiger partial charge in [-0.15, -0.1) is 0 Å². The Morgan fingerprint density at radius 1 is 1.00 bits per heavy atom. The second-order valence-electron chi connectivity index (χ2n) is 10.1. The van der Waals surface area contributed by atoms with Gasteiger partial charge in [-0.05, 0) is 67.4 Å². The van der Waals surface area contributed by atoms with E-state index in [4.69, 9.17) is 22.2 Å². The number of nitrogens with two attached hydrogens (primary N) is 3. The fourth-order valence-corrected chi connectivity index (χ4v) is 4.70. The summed E-state index contributed by atoms with van der Waals surface area (Å²) in [4.78, 5) is 43.0. The minimum absolute atomic E-state index is 0.00225. The van der Waals surface area contributed by atoms with Crippen molar-refractivity contribution >= 4 is 34.5 Å². The third-order valence-corrected chi connectivity index (χ3v) is 6.92. The molecule has 6 N–H and O–H groups in total. The first-order valence-electron chi connectivity index (χ1n) is 13.5. The van der Waals surface area contributed by atoms with Gasteiger partial charge in [-0.1, -0.05) is 6.07 Å². The number of carbonyl (C=O) groups is 2. The molecule has 2 heterocycles. The molecule has 0 saturated heterocycles. The van der Waals surface area contributed by atoms with E-state index >= 15 is 0 Å². The average Bonchev–Trinajstić information content (AvgIpc) is 3.34. The SMILES string of the molecule is CN(CCc1ccccn1)C(=O)c1ccc2c(c1)nc(-c1ccc(N(C)C)cc1)n2[C@@H](CCCN=C(N)N)C(N)=O. The van der Waals surface area contributed by atoms with Crippen LogP contribution in [0.15, 0.2) is 71.9 Å². The summed E-state index contributed by atoms with van der Waals surface area (Å²) in [5.41, 5.74) is 21.4. The predicted molar refractivity (Wildman–Crippen MR) is 163 cm³/mol. The molecule has 1 atom stereocenters. The lowest BCUT2D eigenvalue weighted by Gasteiger charge is -2.20. The van der Waals surface area contributed by atoms with Crippen LogP contribution in [0.5, 0.6) is 0 Å². The lowest BCUT2D eigenvalue weighted by Crippen LogP contribution is -2.29. The van der Waals surface area contributed by atoms with Gasteiger partial charge in [-0.25, -0.2) is 4.98 Å². The molecule has 0 aliphatic heterocycles. The van der Waals surface area contributed by atoms with E-state index in [1.54, 1.807) is 30.3 Å². The molecule has 4 rings (SSSR count). The molecule has 214 valence electrons. The van der Waals surface area contributed by atoms with Gasteiger partial charge in [0.05, 0.1) is 11.0 Å². The number of benzene rings is 2. The number of guanidine groups is 1. The highest BCUT2D eigenvalue weighted by molar-refractivity contribution is 5.98. The van der Waals surface area contributed by atoms with Crippen molar-refractivity contribution in [1.29, 1.82) is 0 Å². The molecule has 11 heteroatoms. The zero-order chi connectivity index (χ0) is 29.5. The highest BCUT2D eigenvalue weighted by atomic mass is 16.2. The Bertz CT molecular complexity index is 1530. The van der Waals surface area contributed by atoms with Gasteiger partial charge >= 0.3 is 0 Å². The van der Waals surface area contributed by atoms with Gasteiger partial charge in [-0.2, -0.15) is 0 Å². The summed E-state index contributed by atoms with van der Waals surface area (Å²) in [6, 6.07) is 18.3. The van der Waals surface area contributed by atoms with Crippen molar-refractivity contribution in [2.75, 3.05) is 39.1 Å². The third kappa shape index (κ3) is 6.99. The molecular formula is C30H37N9O2. The summed E-state index contributed by atoms with van der Waals surface area (Å²) in [7, 11) is 5.71. The van der Waals surface area contributed by atoms with Crippen LogP contribution in [0.1, 0.15) is 34.9 Å². The van der Waals surface area contributed by atoms with E-state index in [-0.39, 0.29) is 11.9 Å². The van der Waals surface area contributed by atoms with Crippen molar-refractivity contribution in [1.82, 2.24) is 19.4 Å².